The fourth-order valence-electron chi connectivity index (χ4n) is 3.39. The highest BCUT2D eigenvalue weighted by Gasteiger charge is 2.54. The second-order valence-electron chi connectivity index (χ2n) is 6.52. The Kier molecular flexibility index (Phi) is 4.88. The van der Waals surface area contributed by atoms with E-state index in [0.29, 0.717) is 5.75 Å². The lowest BCUT2D eigenvalue weighted by Gasteiger charge is -2.53. The number of anilines is 1. The van der Waals surface area contributed by atoms with E-state index in [4.69, 9.17) is 5.73 Å². The number of thioether (sulfide) groups is 1. The van der Waals surface area contributed by atoms with Gasteiger partial charge in [-0.15, -0.1) is 11.8 Å². The first kappa shape index (κ1) is 17.9. The minimum Gasteiger partial charge on any atom is -0.549 e. The molecule has 25 heavy (non-hydrogen) atoms. The molecule has 3 rings (SSSR count). The molecule has 0 aliphatic carbocycles. The molecule has 0 aromatic carbocycles. The molecule has 0 radical (unpaired) electrons. The van der Waals surface area contributed by atoms with Crippen molar-refractivity contribution in [3.8, 4) is 0 Å². The zero-order valence-electron chi connectivity index (χ0n) is 14.4. The van der Waals surface area contributed by atoms with Crippen LogP contribution in [0.2, 0.25) is 0 Å². The molecule has 136 valence electrons. The van der Waals surface area contributed by atoms with Crippen LogP contribution >= 0.6 is 11.8 Å². The van der Waals surface area contributed by atoms with E-state index in [1.165, 1.54) is 11.8 Å². The molecule has 0 bridgehead atoms. The molecule has 1 aromatic heterocycles. The summed E-state index contributed by atoms with van der Waals surface area (Å²) in [5.41, 5.74) is 4.65. The number of β-lactam (4-membered cyclic amide) rings is 1. The maximum absolute atomic E-state index is 11.9. The van der Waals surface area contributed by atoms with Crippen LogP contribution in [0.5, 0.6) is 0 Å². The van der Waals surface area contributed by atoms with Crippen molar-refractivity contribution in [1.29, 1.82) is 0 Å². The molecular weight excluding hydrogens is 342 g/mol. The topological polar surface area (TPSA) is 106 Å². The number of carbonyl (C=O) groups excluding carboxylic acids is 2. The van der Waals surface area contributed by atoms with Crippen molar-refractivity contribution in [3.63, 3.8) is 0 Å². The molecule has 2 aliphatic rings. The van der Waals surface area contributed by atoms with E-state index in [2.05, 4.69) is 9.88 Å². The number of aliphatic carboxylic acids is 1. The van der Waals surface area contributed by atoms with Crippen molar-refractivity contribution < 1.29 is 19.3 Å². The number of amides is 1. The Labute approximate surface area is 151 Å². The van der Waals surface area contributed by atoms with E-state index in [1.807, 2.05) is 24.6 Å². The van der Waals surface area contributed by atoms with Crippen LogP contribution in [0.25, 0.3) is 0 Å². The van der Waals surface area contributed by atoms with Crippen molar-refractivity contribution in [2.75, 3.05) is 30.3 Å². The molecule has 8 nitrogen and oxygen atoms in total. The predicted octanol–water partition coefficient (Wildman–Crippen LogP) is -1.81. The molecule has 3 heterocycles. The van der Waals surface area contributed by atoms with E-state index in [1.54, 1.807) is 17.3 Å². The summed E-state index contributed by atoms with van der Waals surface area (Å²) in [5, 5.41) is 11.8. The number of hydrogen-bond donors (Lipinski definition) is 1. The smallest absolute Gasteiger partial charge is 0.243 e. The lowest BCUT2D eigenvalue weighted by atomic mass is 9.87. The van der Waals surface area contributed by atoms with Crippen LogP contribution in [0.3, 0.4) is 0 Å². The third-order valence-electron chi connectivity index (χ3n) is 4.94. The average molecular weight is 365 g/mol. The van der Waals surface area contributed by atoms with E-state index < -0.39 is 17.4 Å². The Balaban J connectivity index is 1.83. The molecule has 9 heteroatoms. The third kappa shape index (κ3) is 3.06. The van der Waals surface area contributed by atoms with Crippen LogP contribution in [0.4, 0.5) is 5.82 Å². The van der Waals surface area contributed by atoms with Gasteiger partial charge >= 0.3 is 0 Å². The third-order valence-corrected chi connectivity index (χ3v) is 6.55. The van der Waals surface area contributed by atoms with Gasteiger partial charge in [0, 0.05) is 25.4 Å². The molecular formula is C16H23N5O3S. The standard InChI is InChI=1S/C16H23N5O3S/c1-3-20(4-2)11-7-19(6-5-18-11)8-16(15(23)24)9-21-13(22)12(17)14(21)25-10-16/h5-7,12,14H,3-4,8-10,17H2,1-2H3/t12?,14-,16?/m1/s1. The SMILES string of the molecule is CCN(CC)c1c[n+](CC2(C(=O)[O-])CS[C@@H]3C(N)C(=O)N3C2)ccn1. The summed E-state index contributed by atoms with van der Waals surface area (Å²) in [6, 6.07) is -0.521. The Morgan fingerprint density at radius 1 is 1.56 bits per heavy atom. The molecule has 1 amide bonds. The highest BCUT2D eigenvalue weighted by molar-refractivity contribution is 8.00. The summed E-state index contributed by atoms with van der Waals surface area (Å²) < 4.78 is 1.82. The van der Waals surface area contributed by atoms with Crippen LogP contribution in [0.1, 0.15) is 13.8 Å². The van der Waals surface area contributed by atoms with Crippen molar-refractivity contribution in [2.45, 2.75) is 31.8 Å². The van der Waals surface area contributed by atoms with E-state index in [-0.39, 0.29) is 24.4 Å². The molecule has 3 atom stereocenters. The number of aromatic nitrogens is 2. The zero-order chi connectivity index (χ0) is 18.2. The largest absolute Gasteiger partial charge is 0.549 e. The first-order valence-corrected chi connectivity index (χ1v) is 9.46. The first-order valence-electron chi connectivity index (χ1n) is 8.41. The Hall–Kier alpha value is -1.87. The highest BCUT2D eigenvalue weighted by atomic mass is 32.2. The fourth-order valence-corrected chi connectivity index (χ4v) is 4.86. The number of fused-ring (bicyclic) bond motifs is 1. The van der Waals surface area contributed by atoms with Gasteiger partial charge in [-0.2, -0.15) is 4.57 Å². The molecule has 2 saturated heterocycles. The summed E-state index contributed by atoms with van der Waals surface area (Å²) in [6.45, 7) is 6.08. The van der Waals surface area contributed by atoms with Crippen LogP contribution < -0.4 is 20.3 Å². The van der Waals surface area contributed by atoms with Gasteiger partial charge in [-0.3, -0.25) is 4.79 Å². The van der Waals surface area contributed by atoms with Crippen molar-refractivity contribution >= 4 is 29.5 Å². The zero-order valence-corrected chi connectivity index (χ0v) is 15.2. The van der Waals surface area contributed by atoms with E-state index >= 15 is 0 Å². The Morgan fingerprint density at radius 2 is 2.28 bits per heavy atom. The normalized spacial score (nSPS) is 28.3. The molecule has 0 spiro atoms. The monoisotopic (exact) mass is 365 g/mol. The molecule has 2 fully saturated rings. The second-order valence-corrected chi connectivity index (χ2v) is 7.63. The summed E-state index contributed by atoms with van der Waals surface area (Å²) in [6.07, 6.45) is 5.26. The van der Waals surface area contributed by atoms with Crippen LogP contribution in [0.15, 0.2) is 18.6 Å². The summed E-state index contributed by atoms with van der Waals surface area (Å²) >= 11 is 1.42. The van der Waals surface area contributed by atoms with Gasteiger partial charge in [-0.1, -0.05) is 0 Å². The number of carboxylic acids is 1. The number of hydrogen-bond acceptors (Lipinski definition) is 7. The lowest BCUT2D eigenvalue weighted by Crippen LogP contribution is -2.74. The number of rotatable bonds is 6. The summed E-state index contributed by atoms with van der Waals surface area (Å²) in [5.74, 6) is -0.163. The predicted molar refractivity (Wildman–Crippen MR) is 91.4 cm³/mol. The van der Waals surface area contributed by atoms with Crippen LogP contribution in [-0.2, 0) is 16.1 Å². The maximum atomic E-state index is 11.9. The highest BCUT2D eigenvalue weighted by Crippen LogP contribution is 2.41. The Morgan fingerprint density at radius 3 is 2.92 bits per heavy atom. The van der Waals surface area contributed by atoms with E-state index in [9.17, 15) is 14.7 Å². The van der Waals surface area contributed by atoms with Gasteiger partial charge in [0.25, 0.3) is 0 Å². The van der Waals surface area contributed by atoms with Crippen LogP contribution in [0, 0.1) is 5.41 Å². The molecule has 2 unspecified atom stereocenters. The summed E-state index contributed by atoms with van der Waals surface area (Å²) in [4.78, 5) is 31.9. The van der Waals surface area contributed by atoms with Gasteiger partial charge in [0.15, 0.2) is 18.6 Å². The molecule has 0 saturated carbocycles. The van der Waals surface area contributed by atoms with Gasteiger partial charge in [-0.05, 0) is 13.8 Å². The minimum atomic E-state index is -1.14. The Bertz CT molecular complexity index is 683. The summed E-state index contributed by atoms with van der Waals surface area (Å²) in [7, 11) is 0. The maximum Gasteiger partial charge on any atom is 0.243 e. The van der Waals surface area contributed by atoms with Gasteiger partial charge in [0.1, 0.15) is 11.4 Å². The minimum absolute atomic E-state index is 0.117. The first-order chi connectivity index (χ1) is 11.9. The number of nitrogens with two attached hydrogens (primary N) is 1. The van der Waals surface area contributed by atoms with Gasteiger partial charge in [0.05, 0.1) is 17.6 Å². The molecule has 1 aromatic rings. The van der Waals surface area contributed by atoms with Crippen LogP contribution in [-0.4, -0.2) is 58.6 Å². The van der Waals surface area contributed by atoms with Crippen molar-refractivity contribution in [3.05, 3.63) is 18.6 Å². The average Bonchev–Trinajstić information content (AvgIpc) is 2.62. The van der Waals surface area contributed by atoms with Crippen molar-refractivity contribution in [2.24, 2.45) is 11.1 Å². The van der Waals surface area contributed by atoms with Gasteiger partial charge < -0.3 is 25.4 Å². The van der Waals surface area contributed by atoms with Crippen molar-refractivity contribution in [1.82, 2.24) is 9.88 Å². The lowest BCUT2D eigenvalue weighted by molar-refractivity contribution is -0.707. The number of carbonyl (C=O) groups is 2. The number of carboxylic acid groups (broad SMARTS) is 1. The second kappa shape index (κ2) is 6.80. The fraction of sp³-hybridized carbons (Fsp3) is 0.625. The van der Waals surface area contributed by atoms with E-state index in [0.717, 1.165) is 18.9 Å². The van der Waals surface area contributed by atoms with Gasteiger partial charge in [-0.25, -0.2) is 4.98 Å². The number of nitrogens with zero attached hydrogens (tertiary/aromatic N) is 4. The molecule has 2 aliphatic heterocycles. The molecule has 2 N–H and O–H groups in total. The quantitative estimate of drug-likeness (QED) is 0.468. The van der Waals surface area contributed by atoms with Gasteiger partial charge in [0.2, 0.25) is 12.1 Å².